The molecule has 8 aromatic rings. The van der Waals surface area contributed by atoms with E-state index >= 15 is 0 Å². The Hall–Kier alpha value is -7.02. The second-order valence-corrected chi connectivity index (χ2v) is 14.8. The quantitative estimate of drug-likeness (QED) is 0.0674. The summed E-state index contributed by atoms with van der Waals surface area (Å²) in [5, 5.41) is 49.2. The number of nitro benzene ring substituents is 4. The second-order valence-electron chi connectivity index (χ2n) is 12.9. The van der Waals surface area contributed by atoms with Gasteiger partial charge in [-0.3, -0.25) is 44.8 Å². The molecule has 0 aliphatic rings. The van der Waals surface area contributed by atoms with Crippen molar-refractivity contribution in [1.29, 1.82) is 0 Å². The third-order valence-electron chi connectivity index (χ3n) is 9.54. The van der Waals surface area contributed by atoms with E-state index in [0.717, 1.165) is 30.5 Å². The predicted octanol–water partition coefficient (Wildman–Crippen LogP) is 14.3. The number of fused-ring (bicyclic) bond motifs is 2. The summed E-state index contributed by atoms with van der Waals surface area (Å²) in [6, 6.07) is 44.5. The molecule has 0 N–H and O–H groups in total. The third kappa shape index (κ3) is 10.2. The van der Waals surface area contributed by atoms with Crippen molar-refractivity contribution in [1.82, 2.24) is 0 Å². The molecular weight excluding hydrogens is 960 g/mol. The van der Waals surface area contributed by atoms with Gasteiger partial charge in [0.1, 0.15) is 0 Å². The second kappa shape index (κ2) is 21.7. The zero-order valence-corrected chi connectivity index (χ0v) is 36.4. The van der Waals surface area contributed by atoms with Gasteiger partial charge in [-0.15, -0.1) is 0 Å². The first-order valence-corrected chi connectivity index (χ1v) is 20.1. The van der Waals surface area contributed by atoms with Crippen molar-refractivity contribution in [3.05, 3.63) is 207 Å². The number of nitro groups is 4. The van der Waals surface area contributed by atoms with Gasteiger partial charge in [-0.05, 0) is 69.4 Å². The van der Waals surface area contributed by atoms with Crippen molar-refractivity contribution in [2.75, 3.05) is 7.15 Å². The summed E-state index contributed by atoms with van der Waals surface area (Å²) in [5.74, 6) is 0. The van der Waals surface area contributed by atoms with Crippen molar-refractivity contribution in [3.8, 4) is 44.5 Å². The minimum atomic E-state index is -1.00. The predicted molar refractivity (Wildman–Crippen MR) is 256 cm³/mol. The molecule has 8 aromatic carbocycles. The van der Waals surface area contributed by atoms with Gasteiger partial charge in [0.25, 0.3) is 22.7 Å². The molecule has 63 heavy (non-hydrogen) atoms. The van der Waals surface area contributed by atoms with Crippen molar-refractivity contribution in [3.63, 3.8) is 0 Å². The fraction of sp³-hybridized carbons (Fsp3) is 0.0222. The first-order chi connectivity index (χ1) is 30.8. The standard InChI is InChI=1S/C22H12Br2N2O4.C22H14N2O4.CH3F.BHNS/c23-17-12-10-16(14-6-2-4-8-20(14)26(29)30)22-18(24)11-9-15(21(17)22)13-5-1-3-7-19(13)25(27)28;25-23(26)21-13-3-1-7-19(21)17-11-5-10-16-15(17)9-6-12-18(16)20-8-2-4-14-22(20)24(27)28;1-2;1-2-3/h1-12H;1-14H;1H3;3H/i;;1D;. The van der Waals surface area contributed by atoms with Crippen LogP contribution < -0.4 is 0 Å². The first kappa shape index (κ1) is 45.5. The minimum absolute atomic E-state index is 0.0101. The van der Waals surface area contributed by atoms with E-state index in [2.05, 4.69) is 56.6 Å². The van der Waals surface area contributed by atoms with Gasteiger partial charge in [0.2, 0.25) is 0 Å². The number of para-hydroxylation sites is 4. The van der Waals surface area contributed by atoms with Crippen LogP contribution in [-0.4, -0.2) is 34.5 Å². The molecule has 0 aliphatic carbocycles. The van der Waals surface area contributed by atoms with Gasteiger partial charge in [0.15, 0.2) is 0 Å². The van der Waals surface area contributed by atoms with Crippen LogP contribution in [0.2, 0.25) is 0 Å². The van der Waals surface area contributed by atoms with Crippen LogP contribution in [0.5, 0.6) is 0 Å². The third-order valence-corrected chi connectivity index (χ3v) is 10.9. The Balaban J connectivity index is 0.000000215. The van der Waals surface area contributed by atoms with Gasteiger partial charge in [-0.2, -0.15) is 0 Å². The summed E-state index contributed by atoms with van der Waals surface area (Å²) in [4.78, 5) is 44.5. The fourth-order valence-corrected chi connectivity index (χ4v) is 8.17. The summed E-state index contributed by atoms with van der Waals surface area (Å²) in [6.07, 6.45) is 0. The van der Waals surface area contributed by atoms with E-state index in [1.165, 1.54) is 24.3 Å². The zero-order valence-electron chi connectivity index (χ0n) is 33.4. The van der Waals surface area contributed by atoms with Crippen molar-refractivity contribution in [2.45, 2.75) is 0 Å². The van der Waals surface area contributed by atoms with E-state index in [-0.39, 0.29) is 22.7 Å². The molecular formula is C45H30BBr2FN5O8S. The average molecular weight is 991 g/mol. The number of alkyl halides is 1. The molecule has 0 saturated heterocycles. The summed E-state index contributed by atoms with van der Waals surface area (Å²) >= 11 is 10.3. The van der Waals surface area contributed by atoms with E-state index in [0.29, 0.717) is 44.5 Å². The SMILES string of the molecule is O=[N+]([O-])c1ccccc1-c1ccc(Br)c2c(-c3ccccc3[N+](=O)[O-])ccc(Br)c12.O=[N+]([O-])c1ccccc1-c1cccc2c(-c3ccccc3[N+](=O)[O-])cccc12.[2H]CF.[B]=NS. The Morgan fingerprint density at radius 1 is 0.460 bits per heavy atom. The van der Waals surface area contributed by atoms with Gasteiger partial charge >= 0.3 is 24.8 Å². The van der Waals surface area contributed by atoms with Gasteiger partial charge in [-0.1, -0.05) is 129 Å². The number of thiol groups is 1. The van der Waals surface area contributed by atoms with Crippen LogP contribution in [0.15, 0.2) is 171 Å². The maximum absolute atomic E-state index is 11.6. The molecule has 0 atom stereocenters. The van der Waals surface area contributed by atoms with Crippen LogP contribution in [-0.2, 0) is 0 Å². The molecule has 0 unspecified atom stereocenters. The topological polar surface area (TPSA) is 185 Å². The van der Waals surface area contributed by atoms with Gasteiger partial charge < -0.3 is 0 Å². The summed E-state index contributed by atoms with van der Waals surface area (Å²) < 4.78 is 19.7. The molecule has 0 spiro atoms. The van der Waals surface area contributed by atoms with E-state index in [1.807, 2.05) is 48.5 Å². The van der Waals surface area contributed by atoms with E-state index in [1.54, 1.807) is 84.9 Å². The first-order valence-electron chi connectivity index (χ1n) is 18.8. The van der Waals surface area contributed by atoms with Crippen molar-refractivity contribution >= 4 is 96.6 Å². The number of halogens is 3. The molecule has 8 rings (SSSR count). The summed E-state index contributed by atoms with van der Waals surface area (Å²) in [5.41, 5.74) is 4.73. The van der Waals surface area contributed by atoms with E-state index in [9.17, 15) is 44.8 Å². The molecule has 0 fully saturated rings. The average Bonchev–Trinajstić information content (AvgIpc) is 3.29. The monoisotopic (exact) mass is 989 g/mol. The molecule has 0 aromatic heterocycles. The van der Waals surface area contributed by atoms with E-state index < -0.39 is 26.8 Å². The molecule has 1 radical (unpaired) electrons. The summed E-state index contributed by atoms with van der Waals surface area (Å²) in [7, 11) is 3.34. The maximum atomic E-state index is 11.6. The molecule has 0 amide bonds. The Kier molecular flexibility index (Phi) is 15.7. The van der Waals surface area contributed by atoms with Crippen LogP contribution >= 0.6 is 44.7 Å². The molecule has 313 valence electrons. The van der Waals surface area contributed by atoms with Crippen LogP contribution in [0.3, 0.4) is 0 Å². The zero-order chi connectivity index (χ0) is 46.5. The van der Waals surface area contributed by atoms with Crippen LogP contribution in [0.25, 0.3) is 66.1 Å². The number of benzene rings is 8. The Morgan fingerprint density at radius 2 is 0.698 bits per heavy atom. The number of nitrogens with zero attached hydrogens (tertiary/aromatic N) is 5. The van der Waals surface area contributed by atoms with Crippen LogP contribution in [0.1, 0.15) is 1.37 Å². The van der Waals surface area contributed by atoms with Crippen LogP contribution in [0.4, 0.5) is 27.1 Å². The number of rotatable bonds is 8. The van der Waals surface area contributed by atoms with Gasteiger partial charge in [-0.25, -0.2) is 0 Å². The molecule has 0 saturated carbocycles. The molecule has 18 heteroatoms. The number of hydrogen-bond donors (Lipinski definition) is 1. The molecule has 0 bridgehead atoms. The number of hydrogen-bond acceptors (Lipinski definition) is 10. The molecule has 13 nitrogen and oxygen atoms in total. The van der Waals surface area contributed by atoms with E-state index in [4.69, 9.17) is 1.37 Å². The summed E-state index contributed by atoms with van der Waals surface area (Å²) in [6.45, 7) is 0. The van der Waals surface area contributed by atoms with Crippen molar-refractivity contribution < 1.29 is 25.5 Å². The molecule has 0 heterocycles. The Morgan fingerprint density at radius 3 is 0.968 bits per heavy atom. The van der Waals surface area contributed by atoms with Gasteiger partial charge in [0.05, 0.1) is 50.5 Å². The van der Waals surface area contributed by atoms with Gasteiger partial charge in [0, 0.05) is 44.0 Å². The van der Waals surface area contributed by atoms with Crippen molar-refractivity contribution in [2.24, 2.45) is 4.30 Å². The molecule has 0 aliphatic heterocycles. The Labute approximate surface area is 383 Å². The van der Waals surface area contributed by atoms with Crippen LogP contribution in [0, 0.1) is 40.5 Å². The normalized spacial score (nSPS) is 10.4. The fourth-order valence-electron chi connectivity index (χ4n) is 7.08. The Bertz CT molecular complexity index is 2880.